The Morgan fingerprint density at radius 2 is 1.79 bits per heavy atom. The van der Waals surface area contributed by atoms with E-state index in [9.17, 15) is 14.7 Å². The minimum Gasteiger partial charge on any atom is -0.496 e. The third-order valence-corrected chi connectivity index (χ3v) is 4.91. The molecule has 1 unspecified atom stereocenters. The highest BCUT2D eigenvalue weighted by molar-refractivity contribution is 6.00. The van der Waals surface area contributed by atoms with Crippen molar-refractivity contribution in [2.24, 2.45) is 0 Å². The molecule has 0 fully saturated rings. The molecule has 0 aliphatic heterocycles. The van der Waals surface area contributed by atoms with E-state index in [0.29, 0.717) is 24.4 Å². The largest absolute Gasteiger partial charge is 0.496 e. The summed E-state index contributed by atoms with van der Waals surface area (Å²) in [4.78, 5) is 26.2. The number of methoxy groups -OCH3 is 2. The van der Waals surface area contributed by atoms with Gasteiger partial charge in [-0.25, -0.2) is 9.59 Å². The van der Waals surface area contributed by atoms with E-state index in [4.69, 9.17) is 14.2 Å². The maximum absolute atomic E-state index is 12.3. The minimum atomic E-state index is -0.668. The van der Waals surface area contributed by atoms with Gasteiger partial charge >= 0.3 is 12.1 Å². The lowest BCUT2D eigenvalue weighted by atomic mass is 10.1. The van der Waals surface area contributed by atoms with Crippen molar-refractivity contribution >= 4 is 23.4 Å². The van der Waals surface area contributed by atoms with Crippen LogP contribution in [0.3, 0.4) is 0 Å². The van der Waals surface area contributed by atoms with E-state index in [1.807, 2.05) is 32.3 Å². The zero-order valence-electron chi connectivity index (χ0n) is 20.9. The van der Waals surface area contributed by atoms with E-state index in [0.717, 1.165) is 11.1 Å². The molecule has 9 nitrogen and oxygen atoms in total. The van der Waals surface area contributed by atoms with Gasteiger partial charge in [0.2, 0.25) is 0 Å². The van der Waals surface area contributed by atoms with Gasteiger partial charge in [0, 0.05) is 18.7 Å². The average molecular weight is 474 g/mol. The zero-order chi connectivity index (χ0) is 25.5. The van der Waals surface area contributed by atoms with Crippen LogP contribution >= 0.6 is 0 Å². The number of likely N-dealkylation sites (N-methyl/N-ethyl adjacent to an activating group) is 1. The van der Waals surface area contributed by atoms with Gasteiger partial charge in [-0.3, -0.25) is 10.2 Å². The van der Waals surface area contributed by atoms with Crippen LogP contribution in [0.5, 0.6) is 5.75 Å². The van der Waals surface area contributed by atoms with Crippen molar-refractivity contribution < 1.29 is 28.9 Å². The number of rotatable bonds is 9. The van der Waals surface area contributed by atoms with Crippen LogP contribution in [-0.2, 0) is 22.4 Å². The van der Waals surface area contributed by atoms with Crippen LogP contribution in [0.15, 0.2) is 36.4 Å². The molecule has 2 rings (SSSR count). The number of benzene rings is 2. The highest BCUT2D eigenvalue weighted by atomic mass is 16.6. The van der Waals surface area contributed by atoms with Crippen LogP contribution in [0.1, 0.15) is 42.3 Å². The maximum Gasteiger partial charge on any atom is 0.412 e. The van der Waals surface area contributed by atoms with Crippen LogP contribution in [0.4, 0.5) is 16.2 Å². The van der Waals surface area contributed by atoms with E-state index >= 15 is 0 Å². The van der Waals surface area contributed by atoms with E-state index in [2.05, 4.69) is 10.6 Å². The Labute approximate surface area is 201 Å². The number of aliphatic hydroxyl groups excluding tert-OH is 1. The molecule has 0 bridgehead atoms. The number of hydrogen-bond donors (Lipinski definition) is 3. The summed E-state index contributed by atoms with van der Waals surface area (Å²) in [5.41, 5.74) is 2.34. The Morgan fingerprint density at radius 1 is 1.09 bits per heavy atom. The van der Waals surface area contributed by atoms with Gasteiger partial charge in [0.05, 0.1) is 25.5 Å². The van der Waals surface area contributed by atoms with E-state index in [1.54, 1.807) is 51.0 Å². The minimum absolute atomic E-state index is 0.198. The fraction of sp³-hybridized carbons (Fsp3) is 0.440. The van der Waals surface area contributed by atoms with Crippen LogP contribution in [-0.4, -0.2) is 62.2 Å². The van der Waals surface area contributed by atoms with Crippen molar-refractivity contribution in [2.75, 3.05) is 38.9 Å². The molecule has 0 saturated heterocycles. The molecule has 186 valence electrons. The molecule has 34 heavy (non-hydrogen) atoms. The molecular weight excluding hydrogens is 438 g/mol. The van der Waals surface area contributed by atoms with Gasteiger partial charge < -0.3 is 24.6 Å². The Hall–Kier alpha value is -3.30. The molecule has 2 aromatic rings. The Bertz CT molecular complexity index is 1000. The SMILES string of the molecule is COC(=O)c1cc(NCc2ccc(CC(O)N(C)C)c(OC)c2)ccc1NC(=O)OC(C)(C)C. The lowest BCUT2D eigenvalue weighted by molar-refractivity contribution is 0.0408. The quantitative estimate of drug-likeness (QED) is 0.372. The number of ether oxygens (including phenoxy) is 3. The van der Waals surface area contributed by atoms with Gasteiger partial charge in [0.15, 0.2) is 0 Å². The van der Waals surface area contributed by atoms with Gasteiger partial charge in [0.25, 0.3) is 0 Å². The van der Waals surface area contributed by atoms with Gasteiger partial charge in [-0.1, -0.05) is 12.1 Å². The molecule has 0 saturated carbocycles. The lowest BCUT2D eigenvalue weighted by Crippen LogP contribution is -2.29. The molecule has 0 heterocycles. The summed E-state index contributed by atoms with van der Waals surface area (Å²) in [6.45, 7) is 5.73. The molecule has 9 heteroatoms. The number of aliphatic hydroxyl groups is 1. The average Bonchev–Trinajstić information content (AvgIpc) is 2.77. The number of carbonyl (C=O) groups excluding carboxylic acids is 2. The van der Waals surface area contributed by atoms with Crippen molar-refractivity contribution in [3.63, 3.8) is 0 Å². The first-order valence-corrected chi connectivity index (χ1v) is 10.9. The van der Waals surface area contributed by atoms with Gasteiger partial charge in [-0.2, -0.15) is 0 Å². The fourth-order valence-corrected chi connectivity index (χ4v) is 3.11. The zero-order valence-corrected chi connectivity index (χ0v) is 20.9. The number of nitrogens with one attached hydrogen (secondary N) is 2. The maximum atomic E-state index is 12.3. The summed E-state index contributed by atoms with van der Waals surface area (Å²) < 4.78 is 15.6. The predicted octanol–water partition coefficient (Wildman–Crippen LogP) is 3.86. The first kappa shape index (κ1) is 26.9. The number of anilines is 2. The lowest BCUT2D eigenvalue weighted by Gasteiger charge is -2.20. The number of nitrogens with zero attached hydrogens (tertiary/aromatic N) is 1. The second-order valence-electron chi connectivity index (χ2n) is 9.03. The van der Waals surface area contributed by atoms with E-state index in [-0.39, 0.29) is 11.3 Å². The first-order valence-electron chi connectivity index (χ1n) is 10.9. The normalized spacial score (nSPS) is 12.1. The summed E-state index contributed by atoms with van der Waals surface area (Å²) in [6.07, 6.45) is -0.828. The van der Waals surface area contributed by atoms with Crippen LogP contribution in [0.25, 0.3) is 0 Å². The molecule has 3 N–H and O–H groups in total. The highest BCUT2D eigenvalue weighted by Gasteiger charge is 2.20. The Morgan fingerprint density at radius 3 is 2.38 bits per heavy atom. The molecular formula is C25H35N3O6. The van der Waals surface area contributed by atoms with Crippen molar-refractivity contribution in [1.29, 1.82) is 0 Å². The van der Waals surface area contributed by atoms with E-state index in [1.165, 1.54) is 7.11 Å². The number of amides is 1. The Balaban J connectivity index is 2.16. The second-order valence-corrected chi connectivity index (χ2v) is 9.03. The highest BCUT2D eigenvalue weighted by Crippen LogP contribution is 2.25. The predicted molar refractivity (Wildman–Crippen MR) is 131 cm³/mol. The summed E-state index contributed by atoms with van der Waals surface area (Å²) in [7, 11) is 6.50. The summed E-state index contributed by atoms with van der Waals surface area (Å²) >= 11 is 0. The third kappa shape index (κ3) is 7.93. The molecule has 2 aromatic carbocycles. The van der Waals surface area contributed by atoms with Crippen molar-refractivity contribution in [2.45, 2.75) is 45.6 Å². The molecule has 0 spiro atoms. The summed E-state index contributed by atoms with van der Waals surface area (Å²) in [5.74, 6) is 0.104. The Kier molecular flexibility index (Phi) is 9.28. The fourth-order valence-electron chi connectivity index (χ4n) is 3.11. The molecule has 1 amide bonds. The van der Waals surface area contributed by atoms with Gasteiger partial charge in [-0.05, 0) is 70.3 Å². The number of carbonyl (C=O) groups is 2. The van der Waals surface area contributed by atoms with Crippen LogP contribution in [0.2, 0.25) is 0 Å². The van der Waals surface area contributed by atoms with Crippen molar-refractivity contribution in [3.05, 3.63) is 53.1 Å². The van der Waals surface area contributed by atoms with Crippen LogP contribution in [0, 0.1) is 0 Å². The summed E-state index contributed by atoms with van der Waals surface area (Å²) in [6, 6.07) is 10.8. The van der Waals surface area contributed by atoms with Crippen LogP contribution < -0.4 is 15.4 Å². The van der Waals surface area contributed by atoms with Crippen molar-refractivity contribution in [3.8, 4) is 5.75 Å². The third-order valence-electron chi connectivity index (χ3n) is 4.91. The second kappa shape index (κ2) is 11.7. The molecule has 1 atom stereocenters. The molecule has 0 radical (unpaired) electrons. The number of esters is 1. The molecule has 0 aliphatic carbocycles. The van der Waals surface area contributed by atoms with E-state index < -0.39 is 23.9 Å². The monoisotopic (exact) mass is 473 g/mol. The van der Waals surface area contributed by atoms with Gasteiger partial charge in [-0.15, -0.1) is 0 Å². The van der Waals surface area contributed by atoms with Crippen molar-refractivity contribution in [1.82, 2.24) is 4.90 Å². The standard InChI is InChI=1S/C25H35N3O6/c1-25(2,3)34-24(31)27-20-11-10-18(14-19(20)23(30)33-7)26-15-16-8-9-17(21(12-16)32-6)13-22(29)28(4)5/h8-12,14,22,26,29H,13,15H2,1-7H3,(H,27,31). The molecule has 0 aliphatic rings. The summed E-state index contributed by atoms with van der Waals surface area (Å²) in [5, 5.41) is 16.0. The topological polar surface area (TPSA) is 109 Å². The van der Waals surface area contributed by atoms with Gasteiger partial charge in [0.1, 0.15) is 17.6 Å². The smallest absolute Gasteiger partial charge is 0.412 e. The molecule has 0 aromatic heterocycles. The first-order chi connectivity index (χ1) is 15.9. The number of hydrogen-bond acceptors (Lipinski definition) is 8.